The number of nitrogens with zero attached hydrogens (tertiary/aromatic N) is 1. The topological polar surface area (TPSA) is 61.4 Å². The summed E-state index contributed by atoms with van der Waals surface area (Å²) in [5.74, 6) is 0.266. The van der Waals surface area contributed by atoms with Crippen molar-refractivity contribution in [2.24, 2.45) is 5.41 Å². The molecule has 0 spiro atoms. The van der Waals surface area contributed by atoms with Gasteiger partial charge in [-0.25, -0.2) is 0 Å². The maximum absolute atomic E-state index is 12.8. The van der Waals surface area contributed by atoms with Gasteiger partial charge < -0.3 is 15.5 Å². The fourth-order valence-electron chi connectivity index (χ4n) is 3.28. The van der Waals surface area contributed by atoms with Crippen LogP contribution < -0.4 is 10.6 Å². The molecule has 0 aromatic heterocycles. The first-order valence-corrected chi connectivity index (χ1v) is 7.34. The Bertz CT molecular complexity index is 351. The largest absolute Gasteiger partial charge is 0.352 e. The molecule has 2 N–H and O–H groups in total. The first-order chi connectivity index (χ1) is 9.07. The zero-order chi connectivity index (χ0) is 13.9. The second-order valence-corrected chi connectivity index (χ2v) is 5.85. The van der Waals surface area contributed by atoms with Crippen LogP contribution >= 0.6 is 0 Å². The van der Waals surface area contributed by atoms with Crippen molar-refractivity contribution in [2.75, 3.05) is 26.2 Å². The number of hydrogen-bond donors (Lipinski definition) is 2. The van der Waals surface area contributed by atoms with Crippen molar-refractivity contribution < 1.29 is 9.59 Å². The smallest absolute Gasteiger partial charge is 0.230 e. The van der Waals surface area contributed by atoms with E-state index in [0.29, 0.717) is 6.54 Å². The van der Waals surface area contributed by atoms with Gasteiger partial charge in [-0.3, -0.25) is 9.59 Å². The molecule has 5 heteroatoms. The molecule has 2 heterocycles. The fraction of sp³-hybridized carbons (Fsp3) is 0.857. The van der Waals surface area contributed by atoms with E-state index < -0.39 is 0 Å². The summed E-state index contributed by atoms with van der Waals surface area (Å²) < 4.78 is 0. The van der Waals surface area contributed by atoms with Gasteiger partial charge in [0.15, 0.2) is 0 Å². The Hall–Kier alpha value is -1.10. The lowest BCUT2D eigenvalue weighted by Crippen LogP contribution is -2.53. The van der Waals surface area contributed by atoms with Gasteiger partial charge >= 0.3 is 0 Å². The van der Waals surface area contributed by atoms with Crippen molar-refractivity contribution in [3.05, 3.63) is 0 Å². The van der Waals surface area contributed by atoms with Crippen molar-refractivity contribution in [1.29, 1.82) is 0 Å². The van der Waals surface area contributed by atoms with E-state index in [1.165, 1.54) is 6.92 Å². The average molecular weight is 267 g/mol. The molecule has 2 fully saturated rings. The molecule has 2 atom stereocenters. The van der Waals surface area contributed by atoms with Crippen LogP contribution in [0.5, 0.6) is 0 Å². The number of likely N-dealkylation sites (tertiary alicyclic amines) is 1. The summed E-state index contributed by atoms with van der Waals surface area (Å²) in [6.07, 6.45) is 3.77. The zero-order valence-electron chi connectivity index (χ0n) is 12.0. The van der Waals surface area contributed by atoms with Crippen LogP contribution in [0.4, 0.5) is 0 Å². The maximum Gasteiger partial charge on any atom is 0.230 e. The standard InChI is InChI=1S/C14H25N3O2/c1-3-14(6-7-15-10-14)13(19)17-8-4-5-12(9-17)16-11(2)18/h12,15H,3-10H2,1-2H3,(H,16,18). The number of carbonyl (C=O) groups excluding carboxylic acids is 2. The summed E-state index contributed by atoms with van der Waals surface area (Å²) in [5, 5.41) is 6.25. The van der Waals surface area contributed by atoms with Gasteiger partial charge in [0.25, 0.3) is 0 Å². The lowest BCUT2D eigenvalue weighted by Gasteiger charge is -2.38. The van der Waals surface area contributed by atoms with Crippen molar-refractivity contribution in [3.8, 4) is 0 Å². The molecule has 0 radical (unpaired) electrons. The molecule has 2 aliphatic rings. The molecular formula is C14H25N3O2. The Morgan fingerprint density at radius 3 is 2.84 bits per heavy atom. The van der Waals surface area contributed by atoms with Gasteiger partial charge in [-0.05, 0) is 32.2 Å². The van der Waals surface area contributed by atoms with Crippen LogP contribution in [0, 0.1) is 5.41 Å². The molecule has 0 aromatic carbocycles. The number of nitrogens with one attached hydrogen (secondary N) is 2. The van der Waals surface area contributed by atoms with Gasteiger partial charge in [-0.1, -0.05) is 6.92 Å². The van der Waals surface area contributed by atoms with Gasteiger partial charge in [0.1, 0.15) is 0 Å². The summed E-state index contributed by atoms with van der Waals surface area (Å²) >= 11 is 0. The third-order valence-electron chi connectivity index (χ3n) is 4.49. The second-order valence-electron chi connectivity index (χ2n) is 5.85. The molecule has 0 bridgehead atoms. The number of carbonyl (C=O) groups is 2. The minimum Gasteiger partial charge on any atom is -0.352 e. The van der Waals surface area contributed by atoms with Gasteiger partial charge in [0.2, 0.25) is 11.8 Å². The lowest BCUT2D eigenvalue weighted by atomic mass is 9.82. The molecule has 2 rings (SSSR count). The van der Waals surface area contributed by atoms with Crippen LogP contribution in [0.2, 0.25) is 0 Å². The van der Waals surface area contributed by atoms with Crippen LogP contribution in [0.25, 0.3) is 0 Å². The van der Waals surface area contributed by atoms with Crippen LogP contribution in [0.1, 0.15) is 39.5 Å². The highest BCUT2D eigenvalue weighted by Gasteiger charge is 2.42. The fourth-order valence-corrected chi connectivity index (χ4v) is 3.28. The molecule has 0 saturated carbocycles. The Morgan fingerprint density at radius 1 is 1.47 bits per heavy atom. The maximum atomic E-state index is 12.8. The zero-order valence-corrected chi connectivity index (χ0v) is 12.0. The Kier molecular flexibility index (Phi) is 4.45. The number of amides is 2. The van der Waals surface area contributed by atoms with Crippen molar-refractivity contribution in [1.82, 2.24) is 15.5 Å². The molecule has 2 saturated heterocycles. The first kappa shape index (κ1) is 14.3. The van der Waals surface area contributed by atoms with Crippen LogP contribution in [-0.4, -0.2) is 48.9 Å². The molecule has 108 valence electrons. The highest BCUT2D eigenvalue weighted by molar-refractivity contribution is 5.83. The molecule has 2 unspecified atom stereocenters. The molecule has 5 nitrogen and oxygen atoms in total. The summed E-state index contributed by atoms with van der Waals surface area (Å²) in [6, 6.07) is 0.124. The van der Waals surface area contributed by atoms with Crippen LogP contribution in [0.3, 0.4) is 0 Å². The predicted molar refractivity (Wildman–Crippen MR) is 73.6 cm³/mol. The van der Waals surface area contributed by atoms with Crippen molar-refractivity contribution in [2.45, 2.75) is 45.6 Å². The first-order valence-electron chi connectivity index (χ1n) is 7.34. The molecular weight excluding hydrogens is 242 g/mol. The van der Waals surface area contributed by atoms with Gasteiger partial charge in [0.05, 0.1) is 5.41 Å². The summed E-state index contributed by atoms with van der Waals surface area (Å²) in [4.78, 5) is 25.9. The van der Waals surface area contributed by atoms with E-state index in [1.54, 1.807) is 0 Å². The Labute approximate surface area is 115 Å². The lowest BCUT2D eigenvalue weighted by molar-refractivity contribution is -0.143. The number of piperidine rings is 1. The van der Waals surface area contributed by atoms with E-state index >= 15 is 0 Å². The van der Waals surface area contributed by atoms with Gasteiger partial charge in [0, 0.05) is 32.6 Å². The second kappa shape index (κ2) is 5.90. The van der Waals surface area contributed by atoms with Crippen molar-refractivity contribution in [3.63, 3.8) is 0 Å². The summed E-state index contributed by atoms with van der Waals surface area (Å²) in [6.45, 7) is 6.86. The van der Waals surface area contributed by atoms with Gasteiger partial charge in [-0.15, -0.1) is 0 Å². The molecule has 0 aliphatic carbocycles. The van der Waals surface area contributed by atoms with E-state index in [0.717, 1.165) is 45.3 Å². The third kappa shape index (κ3) is 3.08. The van der Waals surface area contributed by atoms with E-state index in [1.807, 2.05) is 4.90 Å². The average Bonchev–Trinajstić information content (AvgIpc) is 2.87. The minimum atomic E-state index is -0.210. The van der Waals surface area contributed by atoms with Gasteiger partial charge in [-0.2, -0.15) is 0 Å². The number of hydrogen-bond acceptors (Lipinski definition) is 3. The monoisotopic (exact) mass is 267 g/mol. The Balaban J connectivity index is 2.00. The normalized spacial score (nSPS) is 31.3. The number of rotatable bonds is 3. The van der Waals surface area contributed by atoms with Crippen LogP contribution in [0.15, 0.2) is 0 Å². The predicted octanol–water partition coefficient (Wildman–Crippen LogP) is 0.503. The highest BCUT2D eigenvalue weighted by atomic mass is 16.2. The summed E-state index contributed by atoms with van der Waals surface area (Å²) in [5.41, 5.74) is -0.210. The minimum absolute atomic E-state index is 0.00737. The quantitative estimate of drug-likeness (QED) is 0.783. The van der Waals surface area contributed by atoms with E-state index in [2.05, 4.69) is 17.6 Å². The highest BCUT2D eigenvalue weighted by Crippen LogP contribution is 2.32. The SMILES string of the molecule is CCC1(C(=O)N2CCCC(NC(C)=O)C2)CCNC1. The summed E-state index contributed by atoms with van der Waals surface area (Å²) in [7, 11) is 0. The molecule has 2 aliphatic heterocycles. The Morgan fingerprint density at radius 2 is 2.26 bits per heavy atom. The van der Waals surface area contributed by atoms with Crippen molar-refractivity contribution >= 4 is 11.8 Å². The molecule has 2 amide bonds. The van der Waals surface area contributed by atoms with Crippen LogP contribution in [-0.2, 0) is 9.59 Å². The third-order valence-corrected chi connectivity index (χ3v) is 4.49. The van der Waals surface area contributed by atoms with E-state index in [9.17, 15) is 9.59 Å². The molecule has 0 aromatic rings. The molecule has 19 heavy (non-hydrogen) atoms. The van der Waals surface area contributed by atoms with E-state index in [-0.39, 0.29) is 23.3 Å². The van der Waals surface area contributed by atoms with E-state index in [4.69, 9.17) is 0 Å².